The Labute approximate surface area is 125 Å². The standard InChI is InChI=1S/C16H19NO3S/c1-2-14-8-6-7-11-16(14)20-13-12-17-21(18,19)15-9-4-3-5-10-15/h3-11,17H,2,12-13H2,1H3. The molecule has 5 heteroatoms. The first-order valence-electron chi connectivity index (χ1n) is 6.89. The molecule has 21 heavy (non-hydrogen) atoms. The summed E-state index contributed by atoms with van der Waals surface area (Å²) in [5.41, 5.74) is 1.11. The highest BCUT2D eigenvalue weighted by Crippen LogP contribution is 2.17. The fraction of sp³-hybridized carbons (Fsp3) is 0.250. The molecule has 0 aliphatic heterocycles. The summed E-state index contributed by atoms with van der Waals surface area (Å²) in [6.45, 7) is 2.58. The van der Waals surface area contributed by atoms with Gasteiger partial charge in [-0.15, -0.1) is 0 Å². The van der Waals surface area contributed by atoms with Crippen molar-refractivity contribution in [3.63, 3.8) is 0 Å². The van der Waals surface area contributed by atoms with Gasteiger partial charge in [0.25, 0.3) is 0 Å². The molecule has 4 nitrogen and oxygen atoms in total. The average Bonchev–Trinajstić information content (AvgIpc) is 2.53. The number of rotatable bonds is 7. The van der Waals surface area contributed by atoms with E-state index in [0.29, 0.717) is 6.61 Å². The van der Waals surface area contributed by atoms with E-state index in [-0.39, 0.29) is 11.4 Å². The van der Waals surface area contributed by atoms with Crippen molar-refractivity contribution in [1.29, 1.82) is 0 Å². The summed E-state index contributed by atoms with van der Waals surface area (Å²) in [7, 11) is -3.46. The van der Waals surface area contributed by atoms with Crippen LogP contribution in [0.15, 0.2) is 59.5 Å². The molecular weight excluding hydrogens is 286 g/mol. The fourth-order valence-corrected chi connectivity index (χ4v) is 2.99. The predicted molar refractivity (Wildman–Crippen MR) is 82.9 cm³/mol. The summed E-state index contributed by atoms with van der Waals surface area (Å²) in [5, 5.41) is 0. The van der Waals surface area contributed by atoms with Gasteiger partial charge in [0.15, 0.2) is 0 Å². The number of hydrogen-bond acceptors (Lipinski definition) is 3. The number of aryl methyl sites for hydroxylation is 1. The number of nitrogens with one attached hydrogen (secondary N) is 1. The van der Waals surface area contributed by atoms with E-state index in [1.807, 2.05) is 24.3 Å². The van der Waals surface area contributed by atoms with Gasteiger partial charge in [0.05, 0.1) is 4.90 Å². The van der Waals surface area contributed by atoms with Gasteiger partial charge in [0.2, 0.25) is 10.0 Å². The summed E-state index contributed by atoms with van der Waals surface area (Å²) in [6, 6.07) is 16.1. The Morgan fingerprint density at radius 2 is 1.67 bits per heavy atom. The van der Waals surface area contributed by atoms with Crippen molar-refractivity contribution in [2.45, 2.75) is 18.2 Å². The second-order valence-electron chi connectivity index (χ2n) is 4.52. The van der Waals surface area contributed by atoms with Crippen LogP contribution in [0.3, 0.4) is 0 Å². The first-order valence-corrected chi connectivity index (χ1v) is 8.37. The smallest absolute Gasteiger partial charge is 0.240 e. The predicted octanol–water partition coefficient (Wildman–Crippen LogP) is 2.61. The van der Waals surface area contributed by atoms with Gasteiger partial charge in [0, 0.05) is 6.54 Å². The topological polar surface area (TPSA) is 55.4 Å². The summed E-state index contributed by atoms with van der Waals surface area (Å²) in [6.07, 6.45) is 0.881. The van der Waals surface area contributed by atoms with Crippen LogP contribution in [-0.2, 0) is 16.4 Å². The zero-order chi connectivity index (χ0) is 15.1. The maximum absolute atomic E-state index is 12.0. The molecular formula is C16H19NO3S. The van der Waals surface area contributed by atoms with Crippen molar-refractivity contribution >= 4 is 10.0 Å². The molecule has 2 rings (SSSR count). The van der Waals surface area contributed by atoms with E-state index in [1.165, 1.54) is 0 Å². The van der Waals surface area contributed by atoms with Crippen LogP contribution >= 0.6 is 0 Å². The lowest BCUT2D eigenvalue weighted by molar-refractivity contribution is 0.320. The molecule has 112 valence electrons. The largest absolute Gasteiger partial charge is 0.492 e. The van der Waals surface area contributed by atoms with Crippen molar-refractivity contribution in [3.8, 4) is 5.75 Å². The van der Waals surface area contributed by atoms with Crippen molar-refractivity contribution in [2.75, 3.05) is 13.2 Å². The second-order valence-corrected chi connectivity index (χ2v) is 6.29. The van der Waals surface area contributed by atoms with Gasteiger partial charge in [-0.1, -0.05) is 43.3 Å². The Balaban J connectivity index is 1.88. The van der Waals surface area contributed by atoms with Gasteiger partial charge in [-0.05, 0) is 30.2 Å². The molecule has 0 unspecified atom stereocenters. The monoisotopic (exact) mass is 305 g/mol. The van der Waals surface area contributed by atoms with E-state index in [1.54, 1.807) is 30.3 Å². The average molecular weight is 305 g/mol. The van der Waals surface area contributed by atoms with Gasteiger partial charge in [0.1, 0.15) is 12.4 Å². The summed E-state index contributed by atoms with van der Waals surface area (Å²) in [5.74, 6) is 0.805. The van der Waals surface area contributed by atoms with E-state index in [0.717, 1.165) is 17.7 Å². The Morgan fingerprint density at radius 1 is 1.00 bits per heavy atom. The zero-order valence-electron chi connectivity index (χ0n) is 12.0. The van der Waals surface area contributed by atoms with E-state index < -0.39 is 10.0 Å². The lowest BCUT2D eigenvalue weighted by Gasteiger charge is -2.11. The minimum Gasteiger partial charge on any atom is -0.492 e. The quantitative estimate of drug-likeness (QED) is 0.800. The highest BCUT2D eigenvalue weighted by atomic mass is 32.2. The summed E-state index contributed by atoms with van der Waals surface area (Å²) < 4.78 is 32.2. The minimum absolute atomic E-state index is 0.231. The molecule has 0 fully saturated rings. The van der Waals surface area contributed by atoms with Crippen LogP contribution in [0.2, 0.25) is 0 Å². The molecule has 0 spiro atoms. The van der Waals surface area contributed by atoms with E-state index >= 15 is 0 Å². The minimum atomic E-state index is -3.46. The molecule has 0 heterocycles. The van der Waals surface area contributed by atoms with Crippen molar-refractivity contribution in [3.05, 3.63) is 60.2 Å². The van der Waals surface area contributed by atoms with Crippen LogP contribution in [0.1, 0.15) is 12.5 Å². The number of ether oxygens (including phenoxy) is 1. The number of hydrogen-bond donors (Lipinski definition) is 1. The van der Waals surface area contributed by atoms with E-state index in [4.69, 9.17) is 4.74 Å². The van der Waals surface area contributed by atoms with Crippen LogP contribution < -0.4 is 9.46 Å². The molecule has 2 aromatic carbocycles. The van der Waals surface area contributed by atoms with Gasteiger partial charge in [-0.3, -0.25) is 0 Å². The van der Waals surface area contributed by atoms with Crippen LogP contribution in [-0.4, -0.2) is 21.6 Å². The third-order valence-corrected chi connectivity index (χ3v) is 4.54. The Hall–Kier alpha value is -1.85. The second kappa shape index (κ2) is 7.24. The van der Waals surface area contributed by atoms with Crippen molar-refractivity contribution < 1.29 is 13.2 Å². The van der Waals surface area contributed by atoms with Gasteiger partial charge in [-0.2, -0.15) is 0 Å². The highest BCUT2D eigenvalue weighted by Gasteiger charge is 2.12. The lowest BCUT2D eigenvalue weighted by atomic mass is 10.1. The Morgan fingerprint density at radius 3 is 2.38 bits per heavy atom. The lowest BCUT2D eigenvalue weighted by Crippen LogP contribution is -2.28. The van der Waals surface area contributed by atoms with E-state index in [2.05, 4.69) is 11.6 Å². The molecule has 1 N–H and O–H groups in total. The van der Waals surface area contributed by atoms with Crippen molar-refractivity contribution in [2.24, 2.45) is 0 Å². The number of sulfonamides is 1. The first-order chi connectivity index (χ1) is 10.1. The molecule has 0 atom stereocenters. The molecule has 0 aliphatic rings. The molecule has 0 amide bonds. The molecule has 2 aromatic rings. The normalized spacial score (nSPS) is 11.3. The fourth-order valence-electron chi connectivity index (χ4n) is 1.96. The van der Waals surface area contributed by atoms with Crippen LogP contribution in [0.5, 0.6) is 5.75 Å². The SMILES string of the molecule is CCc1ccccc1OCCNS(=O)(=O)c1ccccc1. The van der Waals surface area contributed by atoms with Crippen LogP contribution in [0.25, 0.3) is 0 Å². The maximum Gasteiger partial charge on any atom is 0.240 e. The van der Waals surface area contributed by atoms with Gasteiger partial charge >= 0.3 is 0 Å². The summed E-state index contributed by atoms with van der Waals surface area (Å²) in [4.78, 5) is 0.263. The van der Waals surface area contributed by atoms with Crippen LogP contribution in [0, 0.1) is 0 Å². The highest BCUT2D eigenvalue weighted by molar-refractivity contribution is 7.89. The van der Waals surface area contributed by atoms with Gasteiger partial charge in [-0.25, -0.2) is 13.1 Å². The summed E-state index contributed by atoms with van der Waals surface area (Å²) >= 11 is 0. The molecule has 0 aromatic heterocycles. The Kier molecular flexibility index (Phi) is 5.36. The number of benzene rings is 2. The first kappa shape index (κ1) is 15.5. The third-order valence-electron chi connectivity index (χ3n) is 3.06. The number of para-hydroxylation sites is 1. The van der Waals surface area contributed by atoms with Crippen LogP contribution in [0.4, 0.5) is 0 Å². The van der Waals surface area contributed by atoms with Gasteiger partial charge < -0.3 is 4.74 Å². The van der Waals surface area contributed by atoms with Crippen molar-refractivity contribution in [1.82, 2.24) is 4.72 Å². The molecule has 0 bridgehead atoms. The third kappa shape index (κ3) is 4.31. The zero-order valence-corrected chi connectivity index (χ0v) is 12.8. The Bertz CT molecular complexity index is 669. The maximum atomic E-state index is 12.0. The van der Waals surface area contributed by atoms with E-state index in [9.17, 15) is 8.42 Å². The molecule has 0 radical (unpaired) electrons. The molecule has 0 aliphatic carbocycles. The molecule has 0 saturated heterocycles. The molecule has 0 saturated carbocycles.